The molecule has 2 aromatic rings. The Morgan fingerprint density at radius 2 is 1.89 bits per heavy atom. The molecule has 3 nitrogen and oxygen atoms in total. The standard InChI is InChI=1S/C16H17NO2/c1-11(18)16(8-6-12(19)7-9-16)14-10-17-15-5-3-2-4-13(14)15/h2-5,10,17H,6-9H2,1H3. The second-order valence-corrected chi connectivity index (χ2v) is 5.42. The van der Waals surface area contributed by atoms with E-state index in [1.54, 1.807) is 6.92 Å². The number of H-pyrrole nitrogens is 1. The van der Waals surface area contributed by atoms with Crippen LogP contribution in [-0.4, -0.2) is 16.6 Å². The van der Waals surface area contributed by atoms with Gasteiger partial charge in [0, 0.05) is 29.9 Å². The van der Waals surface area contributed by atoms with Gasteiger partial charge in [0.25, 0.3) is 0 Å². The zero-order valence-corrected chi connectivity index (χ0v) is 11.0. The van der Waals surface area contributed by atoms with Crippen molar-refractivity contribution >= 4 is 22.5 Å². The molecular weight excluding hydrogens is 238 g/mol. The predicted molar refractivity (Wildman–Crippen MR) is 74.1 cm³/mol. The molecule has 1 aromatic carbocycles. The molecule has 0 atom stereocenters. The molecular formula is C16H17NO2. The second kappa shape index (κ2) is 4.34. The van der Waals surface area contributed by atoms with Crippen LogP contribution in [0.25, 0.3) is 10.9 Å². The Balaban J connectivity index is 2.15. The third kappa shape index (κ3) is 1.81. The molecule has 0 unspecified atom stereocenters. The van der Waals surface area contributed by atoms with Crippen molar-refractivity contribution in [2.75, 3.05) is 0 Å². The number of aromatic amines is 1. The van der Waals surface area contributed by atoms with E-state index in [2.05, 4.69) is 4.98 Å². The maximum Gasteiger partial charge on any atom is 0.140 e. The van der Waals surface area contributed by atoms with Crippen LogP contribution in [0, 0.1) is 0 Å². The van der Waals surface area contributed by atoms with Crippen LogP contribution in [0.5, 0.6) is 0 Å². The van der Waals surface area contributed by atoms with Crippen molar-refractivity contribution in [3.8, 4) is 0 Å². The number of carbonyl (C=O) groups is 2. The average Bonchev–Trinajstić information content (AvgIpc) is 2.84. The van der Waals surface area contributed by atoms with E-state index in [4.69, 9.17) is 0 Å². The summed E-state index contributed by atoms with van der Waals surface area (Å²) in [7, 11) is 0. The number of aromatic nitrogens is 1. The minimum atomic E-state index is -0.479. The molecule has 0 spiro atoms. The van der Waals surface area contributed by atoms with E-state index in [0.29, 0.717) is 25.7 Å². The van der Waals surface area contributed by atoms with Gasteiger partial charge in [-0.2, -0.15) is 0 Å². The number of ketones is 2. The first-order valence-electron chi connectivity index (χ1n) is 6.73. The molecule has 0 bridgehead atoms. The molecule has 98 valence electrons. The van der Waals surface area contributed by atoms with E-state index >= 15 is 0 Å². The Labute approximate surface area is 112 Å². The van der Waals surface area contributed by atoms with Gasteiger partial charge in [-0.15, -0.1) is 0 Å². The Morgan fingerprint density at radius 3 is 2.58 bits per heavy atom. The van der Waals surface area contributed by atoms with E-state index in [0.717, 1.165) is 16.5 Å². The Hall–Kier alpha value is -1.90. The fourth-order valence-corrected chi connectivity index (χ4v) is 3.23. The largest absolute Gasteiger partial charge is 0.361 e. The lowest BCUT2D eigenvalue weighted by molar-refractivity contribution is -0.127. The highest BCUT2D eigenvalue weighted by atomic mass is 16.1. The van der Waals surface area contributed by atoms with Crippen LogP contribution in [0.3, 0.4) is 0 Å². The molecule has 0 amide bonds. The van der Waals surface area contributed by atoms with Crippen molar-refractivity contribution in [3.63, 3.8) is 0 Å². The van der Waals surface area contributed by atoms with E-state index in [1.807, 2.05) is 30.5 Å². The highest BCUT2D eigenvalue weighted by molar-refractivity contribution is 5.97. The number of carbonyl (C=O) groups excluding carboxylic acids is 2. The summed E-state index contributed by atoms with van der Waals surface area (Å²) in [5.74, 6) is 0.446. The van der Waals surface area contributed by atoms with Crippen molar-refractivity contribution in [2.45, 2.75) is 38.0 Å². The van der Waals surface area contributed by atoms with Crippen LogP contribution >= 0.6 is 0 Å². The lowest BCUT2D eigenvalue weighted by Crippen LogP contribution is -2.38. The first kappa shape index (κ1) is 12.2. The minimum Gasteiger partial charge on any atom is -0.361 e. The van der Waals surface area contributed by atoms with E-state index < -0.39 is 5.41 Å². The third-order valence-electron chi connectivity index (χ3n) is 4.44. The summed E-state index contributed by atoms with van der Waals surface area (Å²) < 4.78 is 0. The summed E-state index contributed by atoms with van der Waals surface area (Å²) in [6.45, 7) is 1.65. The van der Waals surface area contributed by atoms with Gasteiger partial charge in [0.2, 0.25) is 0 Å². The second-order valence-electron chi connectivity index (χ2n) is 5.42. The van der Waals surface area contributed by atoms with Gasteiger partial charge in [-0.05, 0) is 31.4 Å². The summed E-state index contributed by atoms with van der Waals surface area (Å²) in [5.41, 5.74) is 1.63. The van der Waals surface area contributed by atoms with Gasteiger partial charge >= 0.3 is 0 Å². The van der Waals surface area contributed by atoms with Gasteiger partial charge in [0.15, 0.2) is 0 Å². The van der Waals surface area contributed by atoms with Gasteiger partial charge in [0.1, 0.15) is 11.6 Å². The third-order valence-corrected chi connectivity index (χ3v) is 4.44. The lowest BCUT2D eigenvalue weighted by atomic mass is 9.67. The summed E-state index contributed by atoms with van der Waals surface area (Å²) in [5, 5.41) is 1.10. The first-order valence-corrected chi connectivity index (χ1v) is 6.73. The molecule has 0 radical (unpaired) electrons. The molecule has 1 saturated carbocycles. The van der Waals surface area contributed by atoms with Crippen LogP contribution in [0.15, 0.2) is 30.5 Å². The number of Topliss-reactive ketones (excluding diaryl/α,β-unsaturated/α-hetero) is 2. The summed E-state index contributed by atoms with van der Waals surface area (Å²) in [6, 6.07) is 8.03. The van der Waals surface area contributed by atoms with Gasteiger partial charge in [-0.3, -0.25) is 9.59 Å². The van der Waals surface area contributed by atoms with Gasteiger partial charge < -0.3 is 4.98 Å². The normalized spacial score (nSPS) is 18.7. The number of nitrogens with one attached hydrogen (secondary N) is 1. The van der Waals surface area contributed by atoms with Crippen molar-refractivity contribution in [3.05, 3.63) is 36.0 Å². The minimum absolute atomic E-state index is 0.171. The molecule has 3 heteroatoms. The fourth-order valence-electron chi connectivity index (χ4n) is 3.23. The first-order chi connectivity index (χ1) is 9.13. The number of rotatable bonds is 2. The van der Waals surface area contributed by atoms with Crippen molar-refractivity contribution in [1.82, 2.24) is 4.98 Å². The highest BCUT2D eigenvalue weighted by Gasteiger charge is 2.41. The molecule has 1 aliphatic carbocycles. The summed E-state index contributed by atoms with van der Waals surface area (Å²) in [4.78, 5) is 27.0. The number of hydrogen-bond acceptors (Lipinski definition) is 2. The van der Waals surface area contributed by atoms with Gasteiger partial charge in [0.05, 0.1) is 5.41 Å². The molecule has 1 fully saturated rings. The van der Waals surface area contributed by atoms with Crippen LogP contribution in [0.1, 0.15) is 38.2 Å². The topological polar surface area (TPSA) is 49.9 Å². The van der Waals surface area contributed by atoms with Gasteiger partial charge in [-0.1, -0.05) is 18.2 Å². The number of para-hydroxylation sites is 1. The lowest BCUT2D eigenvalue weighted by Gasteiger charge is -2.34. The Bertz CT molecular complexity index is 644. The molecule has 0 aliphatic heterocycles. The quantitative estimate of drug-likeness (QED) is 0.896. The number of hydrogen-bond donors (Lipinski definition) is 1. The molecule has 1 aliphatic rings. The maximum atomic E-state index is 12.2. The zero-order chi connectivity index (χ0) is 13.5. The fraction of sp³-hybridized carbons (Fsp3) is 0.375. The summed E-state index contributed by atoms with van der Waals surface area (Å²) >= 11 is 0. The van der Waals surface area contributed by atoms with Crippen molar-refractivity contribution < 1.29 is 9.59 Å². The van der Waals surface area contributed by atoms with Crippen LogP contribution in [0.2, 0.25) is 0 Å². The molecule has 1 N–H and O–H groups in total. The molecule has 3 rings (SSSR count). The van der Waals surface area contributed by atoms with E-state index in [9.17, 15) is 9.59 Å². The zero-order valence-electron chi connectivity index (χ0n) is 11.0. The Kier molecular flexibility index (Phi) is 2.77. The smallest absolute Gasteiger partial charge is 0.140 e. The van der Waals surface area contributed by atoms with Crippen molar-refractivity contribution in [1.29, 1.82) is 0 Å². The molecule has 1 heterocycles. The highest BCUT2D eigenvalue weighted by Crippen LogP contribution is 2.42. The average molecular weight is 255 g/mol. The van der Waals surface area contributed by atoms with E-state index in [1.165, 1.54) is 0 Å². The van der Waals surface area contributed by atoms with Crippen molar-refractivity contribution in [2.24, 2.45) is 0 Å². The van der Waals surface area contributed by atoms with Crippen LogP contribution < -0.4 is 0 Å². The molecule has 1 aromatic heterocycles. The monoisotopic (exact) mass is 255 g/mol. The SMILES string of the molecule is CC(=O)C1(c2c[nH]c3ccccc23)CCC(=O)CC1. The summed E-state index contributed by atoms with van der Waals surface area (Å²) in [6.07, 6.45) is 4.26. The van der Waals surface area contributed by atoms with E-state index in [-0.39, 0.29) is 11.6 Å². The number of fused-ring (bicyclic) bond motifs is 1. The molecule has 0 saturated heterocycles. The number of benzene rings is 1. The van der Waals surface area contributed by atoms with Crippen LogP contribution in [-0.2, 0) is 15.0 Å². The maximum absolute atomic E-state index is 12.2. The van der Waals surface area contributed by atoms with Crippen LogP contribution in [0.4, 0.5) is 0 Å². The van der Waals surface area contributed by atoms with Gasteiger partial charge in [-0.25, -0.2) is 0 Å². The predicted octanol–water partition coefficient (Wildman–Crippen LogP) is 3.14. The molecule has 19 heavy (non-hydrogen) atoms. The Morgan fingerprint density at radius 1 is 1.21 bits per heavy atom.